The second kappa shape index (κ2) is 5.46. The molecule has 1 heterocycles. The molecule has 0 aliphatic heterocycles. The number of aromatic nitrogens is 2. The number of benzene rings is 1. The predicted octanol–water partition coefficient (Wildman–Crippen LogP) is 0.852. The van der Waals surface area contributed by atoms with Crippen LogP contribution in [0.1, 0.15) is 11.3 Å². The zero-order chi connectivity index (χ0) is 13.0. The Bertz CT molecular complexity index is 595. The number of nitrogens with one attached hydrogen (secondary N) is 1. The van der Waals surface area contributed by atoms with E-state index < -0.39 is 0 Å². The van der Waals surface area contributed by atoms with Crippen LogP contribution in [0.3, 0.4) is 0 Å². The molecule has 0 aliphatic rings. The molecule has 0 bridgehead atoms. The van der Waals surface area contributed by atoms with E-state index in [1.807, 2.05) is 37.3 Å². The van der Waals surface area contributed by atoms with Crippen molar-refractivity contribution in [2.45, 2.75) is 6.92 Å². The van der Waals surface area contributed by atoms with Gasteiger partial charge in [-0.3, -0.25) is 14.9 Å². The molecule has 2 rings (SSSR count). The molecule has 94 valence electrons. The van der Waals surface area contributed by atoms with Crippen molar-refractivity contribution in [3.63, 3.8) is 0 Å². The first-order valence-corrected chi connectivity index (χ1v) is 5.81. The summed E-state index contributed by atoms with van der Waals surface area (Å²) in [6.07, 6.45) is 1.58. The van der Waals surface area contributed by atoms with E-state index in [0.717, 1.165) is 11.4 Å². The van der Waals surface area contributed by atoms with Crippen LogP contribution in [0.5, 0.6) is 0 Å². The van der Waals surface area contributed by atoms with Gasteiger partial charge in [-0.15, -0.1) is 0 Å². The van der Waals surface area contributed by atoms with Crippen LogP contribution in [0.25, 0.3) is 5.69 Å². The molecule has 0 atom stereocenters. The monoisotopic (exact) mass is 244 g/mol. The van der Waals surface area contributed by atoms with E-state index in [9.17, 15) is 4.79 Å². The van der Waals surface area contributed by atoms with Gasteiger partial charge in [0.05, 0.1) is 17.8 Å². The highest BCUT2D eigenvalue weighted by molar-refractivity contribution is 5.80. The average molecular weight is 244 g/mol. The highest BCUT2D eigenvalue weighted by Crippen LogP contribution is 2.05. The molecule has 0 spiro atoms. The van der Waals surface area contributed by atoms with Crippen LogP contribution in [0.15, 0.2) is 40.1 Å². The second-order valence-electron chi connectivity index (χ2n) is 3.95. The van der Waals surface area contributed by atoms with Crippen LogP contribution < -0.4 is 11.3 Å². The van der Waals surface area contributed by atoms with Gasteiger partial charge >= 0.3 is 0 Å². The number of nitrogens with two attached hydrogens (primary N) is 1. The van der Waals surface area contributed by atoms with Crippen molar-refractivity contribution in [2.24, 2.45) is 10.7 Å². The number of hydrogen-bond acceptors (Lipinski definition) is 3. The minimum Gasteiger partial charge on any atom is -0.329 e. The molecule has 0 saturated heterocycles. The maximum atomic E-state index is 12.2. The van der Waals surface area contributed by atoms with E-state index in [1.165, 1.54) is 4.68 Å². The molecule has 2 aromatic rings. The van der Waals surface area contributed by atoms with Gasteiger partial charge in [-0.05, 0) is 19.1 Å². The van der Waals surface area contributed by atoms with Crippen LogP contribution in [0, 0.1) is 6.92 Å². The van der Waals surface area contributed by atoms with Crippen LogP contribution >= 0.6 is 0 Å². The summed E-state index contributed by atoms with van der Waals surface area (Å²) >= 11 is 0. The summed E-state index contributed by atoms with van der Waals surface area (Å²) in [7, 11) is 0. The number of hydrogen-bond donors (Lipinski definition) is 2. The minimum atomic E-state index is -0.0977. The molecular formula is C13H16N4O. The molecule has 5 nitrogen and oxygen atoms in total. The van der Waals surface area contributed by atoms with Gasteiger partial charge in [0.1, 0.15) is 0 Å². The summed E-state index contributed by atoms with van der Waals surface area (Å²) < 4.78 is 1.51. The van der Waals surface area contributed by atoms with Gasteiger partial charge < -0.3 is 5.73 Å². The van der Waals surface area contributed by atoms with E-state index in [2.05, 4.69) is 10.1 Å². The van der Waals surface area contributed by atoms with Gasteiger partial charge in [0.15, 0.2) is 0 Å². The molecule has 1 aromatic carbocycles. The molecule has 3 N–H and O–H groups in total. The van der Waals surface area contributed by atoms with Gasteiger partial charge in [-0.1, -0.05) is 18.2 Å². The smallest absolute Gasteiger partial charge is 0.280 e. The van der Waals surface area contributed by atoms with Gasteiger partial charge in [0, 0.05) is 18.5 Å². The topological polar surface area (TPSA) is 76.2 Å². The largest absolute Gasteiger partial charge is 0.329 e. The Morgan fingerprint density at radius 3 is 2.78 bits per heavy atom. The Morgan fingerprint density at radius 1 is 1.39 bits per heavy atom. The summed E-state index contributed by atoms with van der Waals surface area (Å²) in [4.78, 5) is 16.3. The third kappa shape index (κ3) is 2.41. The van der Waals surface area contributed by atoms with E-state index in [4.69, 9.17) is 5.73 Å². The maximum Gasteiger partial charge on any atom is 0.280 e. The molecule has 0 amide bonds. The fourth-order valence-electron chi connectivity index (χ4n) is 1.70. The van der Waals surface area contributed by atoms with Crippen molar-refractivity contribution in [2.75, 3.05) is 13.1 Å². The lowest BCUT2D eigenvalue weighted by Gasteiger charge is -1.99. The van der Waals surface area contributed by atoms with Gasteiger partial charge in [0.25, 0.3) is 5.56 Å². The lowest BCUT2D eigenvalue weighted by atomic mass is 10.3. The number of para-hydroxylation sites is 1. The minimum absolute atomic E-state index is 0.0977. The Kier molecular flexibility index (Phi) is 3.74. The standard InChI is InChI=1S/C13H16N4O/c1-10-12(9-15-8-7-14)13(18)17(16-10)11-5-3-2-4-6-11/h2-6,9,16H,7-8,14H2,1H3. The summed E-state index contributed by atoms with van der Waals surface area (Å²) in [5.74, 6) is 0. The molecule has 1 aromatic heterocycles. The van der Waals surface area contributed by atoms with Crippen molar-refractivity contribution in [1.29, 1.82) is 0 Å². The van der Waals surface area contributed by atoms with Crippen molar-refractivity contribution >= 4 is 6.21 Å². The van der Waals surface area contributed by atoms with Crippen molar-refractivity contribution in [3.05, 3.63) is 51.9 Å². The SMILES string of the molecule is Cc1[nH]n(-c2ccccc2)c(=O)c1C=NCCN. The fraction of sp³-hybridized carbons (Fsp3) is 0.231. The summed E-state index contributed by atoms with van der Waals surface area (Å²) in [5, 5.41) is 3.04. The number of nitrogens with zero attached hydrogens (tertiary/aromatic N) is 2. The first-order valence-electron chi connectivity index (χ1n) is 5.81. The van der Waals surface area contributed by atoms with Crippen LogP contribution in [-0.4, -0.2) is 29.1 Å². The molecule has 18 heavy (non-hydrogen) atoms. The third-order valence-electron chi connectivity index (χ3n) is 2.61. The van der Waals surface area contributed by atoms with Crippen molar-refractivity contribution < 1.29 is 0 Å². The normalized spacial score (nSPS) is 11.2. The van der Waals surface area contributed by atoms with Gasteiger partial charge in [-0.25, -0.2) is 4.68 Å². The third-order valence-corrected chi connectivity index (χ3v) is 2.61. The molecule has 0 aliphatic carbocycles. The first-order chi connectivity index (χ1) is 8.74. The second-order valence-corrected chi connectivity index (χ2v) is 3.95. The van der Waals surface area contributed by atoms with E-state index in [1.54, 1.807) is 6.21 Å². The quantitative estimate of drug-likeness (QED) is 0.782. The number of rotatable bonds is 4. The lowest BCUT2D eigenvalue weighted by molar-refractivity contribution is 0.835. The Morgan fingerprint density at radius 2 is 2.11 bits per heavy atom. The summed E-state index contributed by atoms with van der Waals surface area (Å²) in [6, 6.07) is 9.44. The van der Waals surface area contributed by atoms with Gasteiger partial charge in [-0.2, -0.15) is 0 Å². The average Bonchev–Trinajstić information content (AvgIpc) is 2.68. The summed E-state index contributed by atoms with van der Waals surface area (Å²) in [5.41, 5.74) is 7.44. The molecule has 0 radical (unpaired) electrons. The fourth-order valence-corrected chi connectivity index (χ4v) is 1.70. The zero-order valence-corrected chi connectivity index (χ0v) is 10.3. The molecular weight excluding hydrogens is 228 g/mol. The molecule has 0 saturated carbocycles. The van der Waals surface area contributed by atoms with Crippen LogP contribution in [0.4, 0.5) is 0 Å². The molecule has 0 unspecified atom stereocenters. The lowest BCUT2D eigenvalue weighted by Crippen LogP contribution is -2.17. The number of H-pyrrole nitrogens is 1. The zero-order valence-electron chi connectivity index (χ0n) is 10.3. The first kappa shape index (κ1) is 12.3. The number of aliphatic imine (C=N–C) groups is 1. The Hall–Kier alpha value is -2.14. The van der Waals surface area contributed by atoms with E-state index in [0.29, 0.717) is 18.7 Å². The summed E-state index contributed by atoms with van der Waals surface area (Å²) in [6.45, 7) is 2.85. The highest BCUT2D eigenvalue weighted by Gasteiger charge is 2.09. The van der Waals surface area contributed by atoms with Crippen LogP contribution in [-0.2, 0) is 0 Å². The van der Waals surface area contributed by atoms with Crippen molar-refractivity contribution in [3.8, 4) is 5.69 Å². The van der Waals surface area contributed by atoms with Gasteiger partial charge in [0.2, 0.25) is 0 Å². The highest BCUT2D eigenvalue weighted by atomic mass is 16.1. The number of aromatic amines is 1. The Balaban J connectivity index is 2.42. The molecule has 5 heteroatoms. The van der Waals surface area contributed by atoms with Crippen LogP contribution in [0.2, 0.25) is 0 Å². The van der Waals surface area contributed by atoms with Crippen molar-refractivity contribution in [1.82, 2.24) is 9.78 Å². The predicted molar refractivity (Wildman–Crippen MR) is 72.6 cm³/mol. The molecule has 0 fully saturated rings. The number of aryl methyl sites for hydroxylation is 1. The maximum absolute atomic E-state index is 12.2. The van der Waals surface area contributed by atoms with E-state index >= 15 is 0 Å². The Labute approximate surface area is 105 Å². The van der Waals surface area contributed by atoms with E-state index in [-0.39, 0.29) is 5.56 Å².